The fourth-order valence-electron chi connectivity index (χ4n) is 4.41. The molecule has 0 bridgehead atoms. The number of hydrogen-bond acceptors (Lipinski definition) is 2. The fourth-order valence-corrected chi connectivity index (χ4v) is 4.41. The van der Waals surface area contributed by atoms with Gasteiger partial charge in [-0.15, -0.1) is 0 Å². The van der Waals surface area contributed by atoms with Crippen molar-refractivity contribution in [3.8, 4) is 0 Å². The van der Waals surface area contributed by atoms with E-state index in [-0.39, 0.29) is 0 Å². The fraction of sp³-hybridized carbons (Fsp3) is 0.684. The van der Waals surface area contributed by atoms with Crippen molar-refractivity contribution in [1.82, 2.24) is 10.2 Å². The van der Waals surface area contributed by atoms with Gasteiger partial charge in [0.1, 0.15) is 0 Å². The molecule has 0 amide bonds. The van der Waals surface area contributed by atoms with Gasteiger partial charge in [-0.25, -0.2) is 0 Å². The molecule has 1 aromatic carbocycles. The molecule has 0 saturated carbocycles. The lowest BCUT2D eigenvalue weighted by Crippen LogP contribution is -2.46. The van der Waals surface area contributed by atoms with Crippen molar-refractivity contribution in [2.75, 3.05) is 19.6 Å². The van der Waals surface area contributed by atoms with E-state index in [9.17, 15) is 0 Å². The van der Waals surface area contributed by atoms with Crippen LogP contribution in [0.1, 0.15) is 56.7 Å². The molecule has 2 heteroatoms. The van der Waals surface area contributed by atoms with E-state index in [0.717, 1.165) is 12.5 Å². The molecule has 0 radical (unpaired) electrons. The Bertz CT molecular complexity index is 457. The van der Waals surface area contributed by atoms with Crippen LogP contribution >= 0.6 is 0 Å². The molecule has 0 aromatic heterocycles. The SMILES string of the molecule is CCCC1CCN(C2CCc3ccccc3C2NCC)C1. The quantitative estimate of drug-likeness (QED) is 0.886. The number of likely N-dealkylation sites (tertiary alicyclic amines) is 1. The van der Waals surface area contributed by atoms with Crippen molar-refractivity contribution in [2.24, 2.45) is 5.92 Å². The third-order valence-electron chi connectivity index (χ3n) is 5.39. The van der Waals surface area contributed by atoms with Gasteiger partial charge in [-0.3, -0.25) is 4.90 Å². The second kappa shape index (κ2) is 6.93. The predicted octanol–water partition coefficient (Wildman–Crippen LogP) is 3.77. The van der Waals surface area contributed by atoms with E-state index in [1.54, 1.807) is 11.1 Å². The molecular weight excluding hydrogens is 256 g/mol. The molecule has 3 atom stereocenters. The lowest BCUT2D eigenvalue weighted by molar-refractivity contribution is 0.166. The maximum Gasteiger partial charge on any atom is 0.0480 e. The van der Waals surface area contributed by atoms with Gasteiger partial charge in [0.25, 0.3) is 0 Å². The van der Waals surface area contributed by atoms with Gasteiger partial charge in [0.15, 0.2) is 0 Å². The van der Waals surface area contributed by atoms with Crippen LogP contribution in [0, 0.1) is 5.92 Å². The Balaban J connectivity index is 1.76. The van der Waals surface area contributed by atoms with Crippen LogP contribution in [0.5, 0.6) is 0 Å². The lowest BCUT2D eigenvalue weighted by atomic mass is 9.83. The minimum Gasteiger partial charge on any atom is -0.309 e. The van der Waals surface area contributed by atoms with E-state index in [1.807, 2.05) is 0 Å². The maximum atomic E-state index is 3.77. The Hall–Kier alpha value is -0.860. The predicted molar refractivity (Wildman–Crippen MR) is 89.6 cm³/mol. The number of likely N-dealkylation sites (N-methyl/N-ethyl adjacent to an activating group) is 1. The Kier molecular flexibility index (Phi) is 4.97. The summed E-state index contributed by atoms with van der Waals surface area (Å²) in [4.78, 5) is 2.78. The number of hydrogen-bond donors (Lipinski definition) is 1. The van der Waals surface area contributed by atoms with E-state index in [4.69, 9.17) is 0 Å². The van der Waals surface area contributed by atoms with Crippen molar-refractivity contribution >= 4 is 0 Å². The second-order valence-corrected chi connectivity index (χ2v) is 6.78. The van der Waals surface area contributed by atoms with Crippen molar-refractivity contribution in [3.63, 3.8) is 0 Å². The number of aryl methyl sites for hydroxylation is 1. The van der Waals surface area contributed by atoms with Gasteiger partial charge in [-0.1, -0.05) is 44.5 Å². The number of nitrogens with zero attached hydrogens (tertiary/aromatic N) is 1. The minimum absolute atomic E-state index is 0.528. The zero-order valence-electron chi connectivity index (χ0n) is 13.6. The molecule has 0 spiro atoms. The van der Waals surface area contributed by atoms with Crippen molar-refractivity contribution in [1.29, 1.82) is 0 Å². The Morgan fingerprint density at radius 3 is 2.86 bits per heavy atom. The van der Waals surface area contributed by atoms with E-state index >= 15 is 0 Å². The smallest absolute Gasteiger partial charge is 0.0480 e. The summed E-state index contributed by atoms with van der Waals surface area (Å²) in [6, 6.07) is 10.3. The number of benzene rings is 1. The van der Waals surface area contributed by atoms with E-state index in [1.165, 1.54) is 45.2 Å². The molecule has 3 rings (SSSR count). The van der Waals surface area contributed by atoms with Gasteiger partial charge in [-0.2, -0.15) is 0 Å². The Morgan fingerprint density at radius 2 is 2.05 bits per heavy atom. The first-order valence-electron chi connectivity index (χ1n) is 8.88. The molecule has 1 aliphatic carbocycles. The van der Waals surface area contributed by atoms with Crippen LogP contribution in [0.25, 0.3) is 0 Å². The highest BCUT2D eigenvalue weighted by Gasteiger charge is 2.36. The van der Waals surface area contributed by atoms with Gasteiger partial charge in [0.05, 0.1) is 0 Å². The van der Waals surface area contributed by atoms with Gasteiger partial charge in [0.2, 0.25) is 0 Å². The Labute approximate surface area is 129 Å². The summed E-state index contributed by atoms with van der Waals surface area (Å²) in [7, 11) is 0. The summed E-state index contributed by atoms with van der Waals surface area (Å²) in [5, 5.41) is 3.77. The zero-order valence-corrected chi connectivity index (χ0v) is 13.6. The highest BCUT2D eigenvalue weighted by molar-refractivity contribution is 5.34. The van der Waals surface area contributed by atoms with E-state index in [2.05, 4.69) is 48.3 Å². The normalized spacial score (nSPS) is 29.5. The molecule has 1 saturated heterocycles. The zero-order chi connectivity index (χ0) is 14.7. The molecule has 1 fully saturated rings. The molecule has 1 heterocycles. The monoisotopic (exact) mass is 286 g/mol. The number of fused-ring (bicyclic) bond motifs is 1. The Morgan fingerprint density at radius 1 is 1.19 bits per heavy atom. The standard InChI is InChI=1S/C19H30N2/c1-3-7-15-12-13-21(14-15)18-11-10-16-8-5-6-9-17(16)19(18)20-4-2/h5-6,8-9,15,18-20H,3-4,7,10-14H2,1-2H3. The molecule has 21 heavy (non-hydrogen) atoms. The topological polar surface area (TPSA) is 15.3 Å². The van der Waals surface area contributed by atoms with Gasteiger partial charge < -0.3 is 5.32 Å². The third-order valence-corrected chi connectivity index (χ3v) is 5.39. The summed E-state index contributed by atoms with van der Waals surface area (Å²) < 4.78 is 0. The molecule has 1 N–H and O–H groups in total. The van der Waals surface area contributed by atoms with Crippen molar-refractivity contribution < 1.29 is 0 Å². The van der Waals surface area contributed by atoms with Gasteiger partial charge in [-0.05, 0) is 55.8 Å². The molecule has 116 valence electrons. The van der Waals surface area contributed by atoms with Crippen LogP contribution in [0.2, 0.25) is 0 Å². The summed E-state index contributed by atoms with van der Waals surface area (Å²) >= 11 is 0. The first-order chi connectivity index (χ1) is 10.3. The number of rotatable bonds is 5. The van der Waals surface area contributed by atoms with Crippen LogP contribution in [-0.4, -0.2) is 30.6 Å². The largest absolute Gasteiger partial charge is 0.309 e. The van der Waals surface area contributed by atoms with Crippen LogP contribution in [0.15, 0.2) is 24.3 Å². The molecule has 2 nitrogen and oxygen atoms in total. The third kappa shape index (κ3) is 3.17. The molecular formula is C19H30N2. The average Bonchev–Trinajstić information content (AvgIpc) is 2.97. The first-order valence-corrected chi connectivity index (χ1v) is 8.88. The lowest BCUT2D eigenvalue weighted by Gasteiger charge is -2.40. The van der Waals surface area contributed by atoms with Crippen LogP contribution in [-0.2, 0) is 6.42 Å². The van der Waals surface area contributed by atoms with Gasteiger partial charge >= 0.3 is 0 Å². The second-order valence-electron chi connectivity index (χ2n) is 6.78. The van der Waals surface area contributed by atoms with Crippen LogP contribution in [0.3, 0.4) is 0 Å². The minimum atomic E-state index is 0.528. The summed E-state index contributed by atoms with van der Waals surface area (Å²) in [6.45, 7) is 8.24. The first kappa shape index (κ1) is 15.1. The number of nitrogens with one attached hydrogen (secondary N) is 1. The van der Waals surface area contributed by atoms with E-state index < -0.39 is 0 Å². The van der Waals surface area contributed by atoms with Crippen molar-refractivity contribution in [3.05, 3.63) is 35.4 Å². The molecule has 3 unspecified atom stereocenters. The van der Waals surface area contributed by atoms with Gasteiger partial charge in [0, 0.05) is 18.6 Å². The van der Waals surface area contributed by atoms with Crippen LogP contribution in [0.4, 0.5) is 0 Å². The highest BCUT2D eigenvalue weighted by Crippen LogP contribution is 2.35. The summed E-state index contributed by atoms with van der Waals surface area (Å²) in [6.07, 6.45) is 6.71. The average molecular weight is 286 g/mol. The summed E-state index contributed by atoms with van der Waals surface area (Å²) in [5.41, 5.74) is 3.11. The summed E-state index contributed by atoms with van der Waals surface area (Å²) in [5.74, 6) is 0.939. The maximum absolute atomic E-state index is 3.77. The highest BCUT2D eigenvalue weighted by atomic mass is 15.2. The molecule has 1 aromatic rings. The van der Waals surface area contributed by atoms with Crippen LogP contribution < -0.4 is 5.32 Å². The molecule has 1 aliphatic heterocycles. The van der Waals surface area contributed by atoms with Crippen molar-refractivity contribution in [2.45, 2.75) is 58.0 Å². The van der Waals surface area contributed by atoms with E-state index in [0.29, 0.717) is 12.1 Å². The molecule has 2 aliphatic rings.